The molecule has 0 aromatic heterocycles. The molecule has 3 unspecified atom stereocenters. The van der Waals surface area contributed by atoms with E-state index < -0.39 is 0 Å². The lowest BCUT2D eigenvalue weighted by molar-refractivity contribution is 0.167. The van der Waals surface area contributed by atoms with Crippen LogP contribution >= 0.6 is 0 Å². The topological polar surface area (TPSA) is 29.3 Å². The van der Waals surface area contributed by atoms with Gasteiger partial charge in [-0.05, 0) is 24.9 Å². The van der Waals surface area contributed by atoms with Crippen molar-refractivity contribution < 1.29 is 0 Å². The van der Waals surface area contributed by atoms with Gasteiger partial charge in [0.1, 0.15) is 0 Å². The maximum Gasteiger partial charge on any atom is 0.0450 e. The molecular weight excluding hydrogens is 220 g/mol. The first-order valence-electron chi connectivity index (χ1n) is 7.14. The van der Waals surface area contributed by atoms with Gasteiger partial charge in [0.25, 0.3) is 0 Å². The Bertz CT molecular complexity index is 323. The Morgan fingerprint density at radius 1 is 1.11 bits per heavy atom. The lowest BCUT2D eigenvalue weighted by Gasteiger charge is -2.34. The highest BCUT2D eigenvalue weighted by molar-refractivity contribution is 5.19. The van der Waals surface area contributed by atoms with Crippen molar-refractivity contribution in [3.63, 3.8) is 0 Å². The summed E-state index contributed by atoms with van der Waals surface area (Å²) in [6, 6.07) is 10.9. The third kappa shape index (κ3) is 4.11. The molecule has 1 aromatic rings. The second kappa shape index (κ2) is 7.55. The van der Waals surface area contributed by atoms with E-state index in [-0.39, 0.29) is 6.04 Å². The third-order valence-corrected chi connectivity index (χ3v) is 3.93. The van der Waals surface area contributed by atoms with Crippen molar-refractivity contribution in [2.24, 2.45) is 11.7 Å². The fraction of sp³-hybridized carbons (Fsp3) is 0.625. The first-order valence-corrected chi connectivity index (χ1v) is 7.14. The number of nitrogens with zero attached hydrogens (tertiary/aromatic N) is 1. The molecule has 0 aliphatic rings. The van der Waals surface area contributed by atoms with Crippen molar-refractivity contribution in [3.05, 3.63) is 35.9 Å². The van der Waals surface area contributed by atoms with Crippen LogP contribution in [-0.2, 0) is 0 Å². The van der Waals surface area contributed by atoms with Gasteiger partial charge >= 0.3 is 0 Å². The molecule has 0 bridgehead atoms. The zero-order valence-corrected chi connectivity index (χ0v) is 12.3. The second-order valence-corrected chi connectivity index (χ2v) is 5.28. The minimum absolute atomic E-state index is 0.0928. The van der Waals surface area contributed by atoms with Crippen LogP contribution in [0.15, 0.2) is 30.3 Å². The predicted molar refractivity (Wildman–Crippen MR) is 79.5 cm³/mol. The number of likely N-dealkylation sites (N-methyl/N-ethyl adjacent to an activating group) is 1. The van der Waals surface area contributed by atoms with Crippen LogP contribution in [0.1, 0.15) is 45.7 Å². The van der Waals surface area contributed by atoms with E-state index in [4.69, 9.17) is 5.73 Å². The van der Waals surface area contributed by atoms with E-state index in [1.165, 1.54) is 12.0 Å². The summed E-state index contributed by atoms with van der Waals surface area (Å²) in [5, 5.41) is 0. The van der Waals surface area contributed by atoms with Gasteiger partial charge in [-0.25, -0.2) is 0 Å². The molecule has 0 aliphatic heterocycles. The fourth-order valence-electron chi connectivity index (χ4n) is 2.29. The molecule has 0 saturated carbocycles. The van der Waals surface area contributed by atoms with Gasteiger partial charge in [-0.15, -0.1) is 0 Å². The van der Waals surface area contributed by atoms with Gasteiger partial charge in [0, 0.05) is 18.6 Å². The quantitative estimate of drug-likeness (QED) is 0.801. The van der Waals surface area contributed by atoms with E-state index >= 15 is 0 Å². The summed E-state index contributed by atoms with van der Waals surface area (Å²) in [5.41, 5.74) is 7.62. The number of nitrogens with two attached hydrogens (primary N) is 1. The SMILES string of the molecule is CCC(C)CN(CC)C(C)C(N)c1ccccc1. The first kappa shape index (κ1) is 15.2. The molecule has 0 radical (unpaired) electrons. The minimum Gasteiger partial charge on any atom is -0.323 e. The summed E-state index contributed by atoms with van der Waals surface area (Å²) in [5.74, 6) is 0.732. The van der Waals surface area contributed by atoms with Gasteiger partial charge in [0.2, 0.25) is 0 Å². The third-order valence-electron chi connectivity index (χ3n) is 3.93. The van der Waals surface area contributed by atoms with E-state index in [0.717, 1.165) is 19.0 Å². The summed E-state index contributed by atoms with van der Waals surface area (Å²) in [6.07, 6.45) is 1.23. The molecule has 3 atom stereocenters. The van der Waals surface area contributed by atoms with E-state index in [9.17, 15) is 0 Å². The smallest absolute Gasteiger partial charge is 0.0450 e. The molecule has 0 saturated heterocycles. The zero-order valence-electron chi connectivity index (χ0n) is 12.3. The van der Waals surface area contributed by atoms with E-state index in [2.05, 4.69) is 56.9 Å². The Kier molecular flexibility index (Phi) is 6.37. The largest absolute Gasteiger partial charge is 0.323 e. The van der Waals surface area contributed by atoms with Gasteiger partial charge in [0.15, 0.2) is 0 Å². The minimum atomic E-state index is 0.0928. The molecule has 2 heteroatoms. The van der Waals surface area contributed by atoms with Crippen LogP contribution in [-0.4, -0.2) is 24.0 Å². The van der Waals surface area contributed by atoms with E-state index in [1.807, 2.05) is 6.07 Å². The van der Waals surface area contributed by atoms with Crippen LogP contribution in [0.3, 0.4) is 0 Å². The normalized spacial score (nSPS) is 16.6. The van der Waals surface area contributed by atoms with Gasteiger partial charge < -0.3 is 5.73 Å². The van der Waals surface area contributed by atoms with Crippen molar-refractivity contribution in [3.8, 4) is 0 Å². The second-order valence-electron chi connectivity index (χ2n) is 5.28. The van der Waals surface area contributed by atoms with Crippen molar-refractivity contribution in [2.75, 3.05) is 13.1 Å². The summed E-state index contributed by atoms with van der Waals surface area (Å²) >= 11 is 0. The molecule has 102 valence electrons. The highest BCUT2D eigenvalue weighted by Gasteiger charge is 2.21. The zero-order chi connectivity index (χ0) is 13.5. The molecule has 0 aliphatic carbocycles. The van der Waals surface area contributed by atoms with Gasteiger partial charge in [-0.2, -0.15) is 0 Å². The van der Waals surface area contributed by atoms with Crippen LogP contribution < -0.4 is 5.73 Å². The Hall–Kier alpha value is -0.860. The predicted octanol–water partition coefficient (Wildman–Crippen LogP) is 3.44. The summed E-state index contributed by atoms with van der Waals surface area (Å²) in [6.45, 7) is 11.2. The van der Waals surface area contributed by atoms with Crippen LogP contribution in [0.5, 0.6) is 0 Å². The molecular formula is C16H28N2. The number of benzene rings is 1. The van der Waals surface area contributed by atoms with Crippen molar-refractivity contribution >= 4 is 0 Å². The molecule has 0 amide bonds. The standard InChI is InChI=1S/C16H28N2/c1-5-13(3)12-18(6-2)14(4)16(17)15-10-8-7-9-11-15/h7-11,13-14,16H,5-6,12,17H2,1-4H3. The van der Waals surface area contributed by atoms with Crippen molar-refractivity contribution in [1.29, 1.82) is 0 Å². The summed E-state index contributed by atoms with van der Waals surface area (Å²) in [7, 11) is 0. The number of hydrogen-bond donors (Lipinski definition) is 1. The summed E-state index contributed by atoms with van der Waals surface area (Å²) in [4.78, 5) is 2.49. The molecule has 2 nitrogen and oxygen atoms in total. The number of rotatable bonds is 7. The molecule has 0 fully saturated rings. The monoisotopic (exact) mass is 248 g/mol. The Morgan fingerprint density at radius 3 is 2.22 bits per heavy atom. The van der Waals surface area contributed by atoms with E-state index in [1.54, 1.807) is 0 Å². The highest BCUT2D eigenvalue weighted by atomic mass is 15.2. The Morgan fingerprint density at radius 2 is 1.72 bits per heavy atom. The molecule has 1 rings (SSSR count). The maximum atomic E-state index is 6.39. The van der Waals surface area contributed by atoms with Crippen LogP contribution in [0.2, 0.25) is 0 Å². The van der Waals surface area contributed by atoms with Crippen LogP contribution in [0.4, 0.5) is 0 Å². The maximum absolute atomic E-state index is 6.39. The summed E-state index contributed by atoms with van der Waals surface area (Å²) < 4.78 is 0. The van der Waals surface area contributed by atoms with Crippen molar-refractivity contribution in [2.45, 2.75) is 46.2 Å². The van der Waals surface area contributed by atoms with Crippen LogP contribution in [0, 0.1) is 5.92 Å². The first-order chi connectivity index (χ1) is 8.60. The lowest BCUT2D eigenvalue weighted by atomic mass is 9.99. The average molecular weight is 248 g/mol. The molecule has 1 aromatic carbocycles. The highest BCUT2D eigenvalue weighted by Crippen LogP contribution is 2.19. The van der Waals surface area contributed by atoms with Crippen LogP contribution in [0.25, 0.3) is 0 Å². The van der Waals surface area contributed by atoms with Gasteiger partial charge in [-0.3, -0.25) is 4.90 Å². The van der Waals surface area contributed by atoms with Crippen molar-refractivity contribution in [1.82, 2.24) is 4.90 Å². The average Bonchev–Trinajstić information content (AvgIpc) is 2.43. The fourth-order valence-corrected chi connectivity index (χ4v) is 2.29. The molecule has 0 heterocycles. The lowest BCUT2D eigenvalue weighted by Crippen LogP contribution is -2.42. The molecule has 0 spiro atoms. The molecule has 18 heavy (non-hydrogen) atoms. The van der Waals surface area contributed by atoms with E-state index in [0.29, 0.717) is 6.04 Å². The number of hydrogen-bond acceptors (Lipinski definition) is 2. The van der Waals surface area contributed by atoms with Gasteiger partial charge in [-0.1, -0.05) is 57.5 Å². The Labute approximate surface area is 112 Å². The Balaban J connectivity index is 2.68. The molecule has 2 N–H and O–H groups in total. The van der Waals surface area contributed by atoms with Gasteiger partial charge in [0.05, 0.1) is 0 Å².